The quantitative estimate of drug-likeness (QED) is 0.454. The second kappa shape index (κ2) is 3.22. The normalized spacial score (nSPS) is 28.7. The summed E-state index contributed by atoms with van der Waals surface area (Å²) in [5.74, 6) is 0.338. The van der Waals surface area contributed by atoms with Crippen LogP contribution in [0.4, 0.5) is 0 Å². The summed E-state index contributed by atoms with van der Waals surface area (Å²) in [4.78, 5) is 10.8. The summed E-state index contributed by atoms with van der Waals surface area (Å²) in [5, 5.41) is 0. The first-order chi connectivity index (χ1) is 5.15. The van der Waals surface area contributed by atoms with Crippen LogP contribution < -0.4 is 0 Å². The van der Waals surface area contributed by atoms with Crippen molar-refractivity contribution in [3.8, 4) is 0 Å². The SMILES string of the molecule is COC(=O)[C@H]1O[C@@H]1CC(C)C. The van der Waals surface area contributed by atoms with Crippen LogP contribution in [0.15, 0.2) is 0 Å². The molecular formula is C8H14O3. The van der Waals surface area contributed by atoms with E-state index in [2.05, 4.69) is 18.6 Å². The molecule has 0 unspecified atom stereocenters. The molecule has 1 aliphatic rings. The Balaban J connectivity index is 2.21. The third-order valence-corrected chi connectivity index (χ3v) is 1.72. The Bertz CT molecular complexity index is 153. The number of esters is 1. The monoisotopic (exact) mass is 158 g/mol. The van der Waals surface area contributed by atoms with Crippen molar-refractivity contribution < 1.29 is 14.3 Å². The van der Waals surface area contributed by atoms with E-state index in [1.54, 1.807) is 0 Å². The van der Waals surface area contributed by atoms with Gasteiger partial charge in [0.2, 0.25) is 0 Å². The number of ether oxygens (including phenoxy) is 2. The van der Waals surface area contributed by atoms with Gasteiger partial charge in [-0.15, -0.1) is 0 Å². The smallest absolute Gasteiger partial charge is 0.337 e. The first-order valence-electron chi connectivity index (χ1n) is 3.88. The van der Waals surface area contributed by atoms with Crippen molar-refractivity contribution in [2.45, 2.75) is 32.5 Å². The summed E-state index contributed by atoms with van der Waals surface area (Å²) in [5.41, 5.74) is 0. The Morgan fingerprint density at radius 3 is 2.73 bits per heavy atom. The minimum atomic E-state index is -0.276. The molecule has 0 bridgehead atoms. The lowest BCUT2D eigenvalue weighted by Crippen LogP contribution is -2.12. The zero-order chi connectivity index (χ0) is 8.43. The van der Waals surface area contributed by atoms with Crippen LogP contribution in [-0.2, 0) is 14.3 Å². The maximum absolute atomic E-state index is 10.8. The molecule has 0 aromatic rings. The fourth-order valence-corrected chi connectivity index (χ4v) is 1.11. The lowest BCUT2D eigenvalue weighted by Gasteiger charge is -1.98. The van der Waals surface area contributed by atoms with Gasteiger partial charge in [0.05, 0.1) is 13.2 Å². The number of hydrogen-bond acceptors (Lipinski definition) is 3. The van der Waals surface area contributed by atoms with Crippen molar-refractivity contribution in [1.29, 1.82) is 0 Å². The Kier molecular flexibility index (Phi) is 2.49. The van der Waals surface area contributed by atoms with E-state index in [9.17, 15) is 4.79 Å². The third kappa shape index (κ3) is 2.19. The predicted octanol–water partition coefficient (Wildman–Crippen LogP) is 0.973. The standard InChI is InChI=1S/C8H14O3/c1-5(2)4-6-7(11-6)8(9)10-3/h5-7H,4H2,1-3H3/t6-,7+/m1/s1. The molecule has 2 atom stereocenters. The second-order valence-electron chi connectivity index (χ2n) is 3.25. The van der Waals surface area contributed by atoms with Gasteiger partial charge in [-0.25, -0.2) is 4.79 Å². The number of carbonyl (C=O) groups excluding carboxylic acids is 1. The zero-order valence-corrected chi connectivity index (χ0v) is 7.16. The average molecular weight is 158 g/mol. The molecule has 11 heavy (non-hydrogen) atoms. The highest BCUT2D eigenvalue weighted by molar-refractivity contribution is 5.77. The first-order valence-corrected chi connectivity index (χ1v) is 3.88. The highest BCUT2D eigenvalue weighted by Gasteiger charge is 2.45. The Morgan fingerprint density at radius 2 is 2.27 bits per heavy atom. The van der Waals surface area contributed by atoms with E-state index in [-0.39, 0.29) is 18.2 Å². The summed E-state index contributed by atoms with van der Waals surface area (Å²) in [6.07, 6.45) is 0.782. The molecule has 0 saturated carbocycles. The van der Waals surface area contributed by atoms with Gasteiger partial charge in [-0.1, -0.05) is 13.8 Å². The van der Waals surface area contributed by atoms with Crippen LogP contribution in [-0.4, -0.2) is 25.3 Å². The summed E-state index contributed by atoms with van der Waals surface area (Å²) in [6, 6.07) is 0. The minimum absolute atomic E-state index is 0.113. The summed E-state index contributed by atoms with van der Waals surface area (Å²) < 4.78 is 9.63. The Morgan fingerprint density at radius 1 is 1.64 bits per heavy atom. The van der Waals surface area contributed by atoms with Gasteiger partial charge in [0.1, 0.15) is 0 Å². The van der Waals surface area contributed by atoms with E-state index in [0.717, 1.165) is 6.42 Å². The number of methoxy groups -OCH3 is 1. The molecule has 1 saturated heterocycles. The maximum atomic E-state index is 10.8. The molecular weight excluding hydrogens is 144 g/mol. The molecule has 0 aliphatic carbocycles. The Labute approximate surface area is 66.7 Å². The van der Waals surface area contributed by atoms with Crippen molar-refractivity contribution in [3.63, 3.8) is 0 Å². The van der Waals surface area contributed by atoms with Crippen LogP contribution in [0.5, 0.6) is 0 Å². The van der Waals surface area contributed by atoms with E-state index in [1.165, 1.54) is 7.11 Å². The van der Waals surface area contributed by atoms with Gasteiger partial charge < -0.3 is 9.47 Å². The van der Waals surface area contributed by atoms with Crippen molar-refractivity contribution in [1.82, 2.24) is 0 Å². The molecule has 0 aromatic heterocycles. The fourth-order valence-electron chi connectivity index (χ4n) is 1.11. The lowest BCUT2D eigenvalue weighted by molar-refractivity contribution is -0.142. The lowest BCUT2D eigenvalue weighted by atomic mass is 10.1. The van der Waals surface area contributed by atoms with Gasteiger partial charge in [0, 0.05) is 0 Å². The highest BCUT2D eigenvalue weighted by Crippen LogP contribution is 2.28. The van der Waals surface area contributed by atoms with E-state index in [4.69, 9.17) is 4.74 Å². The van der Waals surface area contributed by atoms with Crippen LogP contribution in [0.1, 0.15) is 20.3 Å². The van der Waals surface area contributed by atoms with Crippen LogP contribution in [0.3, 0.4) is 0 Å². The van der Waals surface area contributed by atoms with Crippen LogP contribution >= 0.6 is 0 Å². The maximum Gasteiger partial charge on any atom is 0.337 e. The average Bonchev–Trinajstić information content (AvgIpc) is 2.65. The van der Waals surface area contributed by atoms with Gasteiger partial charge in [-0.3, -0.25) is 0 Å². The number of carbonyl (C=O) groups is 1. The molecule has 0 amide bonds. The van der Waals surface area contributed by atoms with Gasteiger partial charge >= 0.3 is 5.97 Å². The van der Waals surface area contributed by atoms with E-state index >= 15 is 0 Å². The van der Waals surface area contributed by atoms with Gasteiger partial charge in [0.25, 0.3) is 0 Å². The predicted molar refractivity (Wildman–Crippen MR) is 40.1 cm³/mol. The minimum Gasteiger partial charge on any atom is -0.467 e. The van der Waals surface area contributed by atoms with E-state index in [1.807, 2.05) is 0 Å². The Hall–Kier alpha value is -0.570. The van der Waals surface area contributed by atoms with Gasteiger partial charge in [-0.2, -0.15) is 0 Å². The first kappa shape index (κ1) is 8.53. The largest absolute Gasteiger partial charge is 0.467 e. The van der Waals surface area contributed by atoms with Crippen LogP contribution in [0.2, 0.25) is 0 Å². The summed E-state index contributed by atoms with van der Waals surface area (Å²) in [7, 11) is 1.39. The highest BCUT2D eigenvalue weighted by atomic mass is 16.6. The van der Waals surface area contributed by atoms with Crippen molar-refractivity contribution in [2.24, 2.45) is 5.92 Å². The topological polar surface area (TPSA) is 38.8 Å². The fraction of sp³-hybridized carbons (Fsp3) is 0.875. The van der Waals surface area contributed by atoms with Crippen molar-refractivity contribution >= 4 is 5.97 Å². The zero-order valence-electron chi connectivity index (χ0n) is 7.16. The molecule has 0 spiro atoms. The molecule has 64 valence electrons. The molecule has 3 heteroatoms. The van der Waals surface area contributed by atoms with Gasteiger partial charge in [-0.05, 0) is 12.3 Å². The number of hydrogen-bond donors (Lipinski definition) is 0. The van der Waals surface area contributed by atoms with Crippen LogP contribution in [0.25, 0.3) is 0 Å². The molecule has 1 heterocycles. The third-order valence-electron chi connectivity index (χ3n) is 1.72. The second-order valence-corrected chi connectivity index (χ2v) is 3.25. The molecule has 0 N–H and O–H groups in total. The van der Waals surface area contributed by atoms with Crippen LogP contribution in [0, 0.1) is 5.92 Å². The van der Waals surface area contributed by atoms with Crippen molar-refractivity contribution in [3.05, 3.63) is 0 Å². The molecule has 1 rings (SSSR count). The summed E-state index contributed by atoms with van der Waals surface area (Å²) >= 11 is 0. The number of epoxide rings is 1. The summed E-state index contributed by atoms with van der Waals surface area (Å²) in [6.45, 7) is 4.21. The molecule has 1 fully saturated rings. The van der Waals surface area contributed by atoms with Crippen molar-refractivity contribution in [2.75, 3.05) is 7.11 Å². The molecule has 1 aliphatic heterocycles. The van der Waals surface area contributed by atoms with Gasteiger partial charge in [0.15, 0.2) is 6.10 Å². The molecule has 0 radical (unpaired) electrons. The number of rotatable bonds is 3. The van der Waals surface area contributed by atoms with E-state index in [0.29, 0.717) is 5.92 Å². The van der Waals surface area contributed by atoms with E-state index < -0.39 is 0 Å². The molecule has 0 aromatic carbocycles. The molecule has 3 nitrogen and oxygen atoms in total.